The second-order valence-electron chi connectivity index (χ2n) is 6.64. The van der Waals surface area contributed by atoms with Crippen molar-refractivity contribution >= 4 is 29.2 Å². The molecule has 0 saturated carbocycles. The van der Waals surface area contributed by atoms with Gasteiger partial charge >= 0.3 is 0 Å². The van der Waals surface area contributed by atoms with E-state index in [0.717, 1.165) is 44.7 Å². The lowest BCUT2D eigenvalue weighted by atomic mass is 10.2. The van der Waals surface area contributed by atoms with Gasteiger partial charge in [-0.15, -0.1) is 0 Å². The number of likely N-dealkylation sites (tertiary alicyclic amines) is 1. The molecule has 1 aromatic heterocycles. The van der Waals surface area contributed by atoms with Gasteiger partial charge in [0.2, 0.25) is 11.8 Å². The zero-order valence-corrected chi connectivity index (χ0v) is 15.2. The van der Waals surface area contributed by atoms with Crippen LogP contribution in [0.1, 0.15) is 32.1 Å². The second-order valence-corrected chi connectivity index (χ2v) is 7.08. The lowest BCUT2D eigenvalue weighted by Crippen LogP contribution is -2.49. The van der Waals surface area contributed by atoms with Gasteiger partial charge in [0.25, 0.3) is 0 Å². The van der Waals surface area contributed by atoms with Crippen LogP contribution in [-0.4, -0.2) is 65.9 Å². The zero-order chi connectivity index (χ0) is 17.6. The Morgan fingerprint density at radius 2 is 1.88 bits per heavy atom. The van der Waals surface area contributed by atoms with Gasteiger partial charge in [-0.25, -0.2) is 4.98 Å². The molecule has 0 bridgehead atoms. The maximum Gasteiger partial charge on any atom is 0.224 e. The molecule has 0 spiro atoms. The van der Waals surface area contributed by atoms with E-state index in [0.29, 0.717) is 37.5 Å². The van der Waals surface area contributed by atoms with Crippen molar-refractivity contribution in [1.29, 1.82) is 0 Å². The van der Waals surface area contributed by atoms with Crippen LogP contribution in [0.25, 0.3) is 0 Å². The molecule has 7 heteroatoms. The van der Waals surface area contributed by atoms with Crippen molar-refractivity contribution in [1.82, 2.24) is 14.8 Å². The van der Waals surface area contributed by atoms with E-state index in [1.807, 2.05) is 21.9 Å². The van der Waals surface area contributed by atoms with Gasteiger partial charge in [-0.3, -0.25) is 9.59 Å². The van der Waals surface area contributed by atoms with Crippen LogP contribution in [0.3, 0.4) is 0 Å². The molecule has 3 rings (SSSR count). The molecule has 6 nitrogen and oxygen atoms in total. The lowest BCUT2D eigenvalue weighted by molar-refractivity contribution is -0.134. The predicted molar refractivity (Wildman–Crippen MR) is 97.7 cm³/mol. The topological polar surface area (TPSA) is 56.8 Å². The van der Waals surface area contributed by atoms with Crippen LogP contribution in [0, 0.1) is 0 Å². The fraction of sp³-hybridized carbons (Fsp3) is 0.611. The van der Waals surface area contributed by atoms with Gasteiger partial charge in [-0.2, -0.15) is 0 Å². The number of carbonyl (C=O) groups excluding carboxylic acids is 2. The highest BCUT2D eigenvalue weighted by Gasteiger charge is 2.23. The zero-order valence-electron chi connectivity index (χ0n) is 14.5. The van der Waals surface area contributed by atoms with Crippen LogP contribution in [0.15, 0.2) is 18.3 Å². The third-order valence-electron chi connectivity index (χ3n) is 4.94. The molecule has 0 N–H and O–H groups in total. The van der Waals surface area contributed by atoms with Gasteiger partial charge in [0, 0.05) is 58.3 Å². The molecule has 2 saturated heterocycles. The minimum atomic E-state index is 0.140. The number of piperazine rings is 1. The average molecular weight is 365 g/mol. The van der Waals surface area contributed by atoms with Crippen LogP contribution < -0.4 is 4.90 Å². The van der Waals surface area contributed by atoms with Crippen LogP contribution >= 0.6 is 11.6 Å². The molecule has 2 fully saturated rings. The number of carbonyl (C=O) groups is 2. The first-order valence-corrected chi connectivity index (χ1v) is 9.43. The van der Waals surface area contributed by atoms with Crippen LogP contribution in [0.2, 0.25) is 5.02 Å². The van der Waals surface area contributed by atoms with Gasteiger partial charge in [-0.1, -0.05) is 18.0 Å². The van der Waals surface area contributed by atoms with Gasteiger partial charge in [-0.05, 0) is 25.0 Å². The Morgan fingerprint density at radius 1 is 1.08 bits per heavy atom. The highest BCUT2D eigenvalue weighted by atomic mass is 35.5. The van der Waals surface area contributed by atoms with Crippen LogP contribution in [-0.2, 0) is 9.59 Å². The van der Waals surface area contributed by atoms with Gasteiger partial charge in [0.05, 0.1) is 5.02 Å². The average Bonchev–Trinajstić information content (AvgIpc) is 2.84. The summed E-state index contributed by atoms with van der Waals surface area (Å²) < 4.78 is 0. The standard InChI is InChI=1S/C18H25ClN4O2/c19-15-5-6-16(20-14-15)21-10-12-23(13-11-21)18(25)7-9-22-8-3-1-2-4-17(22)24/h5-6,14H,1-4,7-13H2. The fourth-order valence-corrected chi connectivity index (χ4v) is 3.52. The Balaban J connectivity index is 1.45. The number of nitrogens with zero attached hydrogens (tertiary/aromatic N) is 4. The minimum absolute atomic E-state index is 0.140. The molecule has 136 valence electrons. The molecular formula is C18H25ClN4O2. The first kappa shape index (κ1) is 18.0. The number of aromatic nitrogens is 1. The Labute approximate surface area is 153 Å². The second kappa shape index (κ2) is 8.52. The van der Waals surface area contributed by atoms with E-state index in [9.17, 15) is 9.59 Å². The normalized spacial score (nSPS) is 19.1. The monoisotopic (exact) mass is 364 g/mol. The highest BCUT2D eigenvalue weighted by Crippen LogP contribution is 2.17. The van der Waals surface area contributed by atoms with Crippen molar-refractivity contribution in [3.8, 4) is 0 Å². The van der Waals surface area contributed by atoms with Gasteiger partial charge in [0.15, 0.2) is 0 Å². The molecular weight excluding hydrogens is 340 g/mol. The number of rotatable bonds is 4. The number of hydrogen-bond acceptors (Lipinski definition) is 4. The first-order chi connectivity index (χ1) is 12.1. The Morgan fingerprint density at radius 3 is 2.60 bits per heavy atom. The summed E-state index contributed by atoms with van der Waals surface area (Å²) in [6.45, 7) is 4.26. The maximum absolute atomic E-state index is 12.5. The van der Waals surface area contributed by atoms with E-state index < -0.39 is 0 Å². The molecule has 2 aliphatic rings. The van der Waals surface area contributed by atoms with E-state index >= 15 is 0 Å². The number of amides is 2. The van der Waals surface area contributed by atoms with Crippen molar-refractivity contribution in [2.45, 2.75) is 32.1 Å². The summed E-state index contributed by atoms with van der Waals surface area (Å²) in [6.07, 6.45) is 5.83. The van der Waals surface area contributed by atoms with Crippen molar-refractivity contribution in [2.75, 3.05) is 44.2 Å². The highest BCUT2D eigenvalue weighted by molar-refractivity contribution is 6.30. The smallest absolute Gasteiger partial charge is 0.224 e. The van der Waals surface area contributed by atoms with E-state index in [-0.39, 0.29) is 11.8 Å². The predicted octanol–water partition coefficient (Wildman–Crippen LogP) is 2.18. The summed E-state index contributed by atoms with van der Waals surface area (Å²) in [5.74, 6) is 1.23. The summed E-state index contributed by atoms with van der Waals surface area (Å²) in [6, 6.07) is 3.74. The quantitative estimate of drug-likeness (QED) is 0.821. The Bertz CT molecular complexity index is 600. The summed E-state index contributed by atoms with van der Waals surface area (Å²) in [4.78, 5) is 34.7. The van der Waals surface area contributed by atoms with E-state index in [4.69, 9.17) is 11.6 Å². The summed E-state index contributed by atoms with van der Waals surface area (Å²) >= 11 is 5.87. The molecule has 0 unspecified atom stereocenters. The van der Waals surface area contributed by atoms with Gasteiger partial charge < -0.3 is 14.7 Å². The maximum atomic E-state index is 12.5. The summed E-state index contributed by atoms with van der Waals surface area (Å²) in [5.41, 5.74) is 0. The molecule has 25 heavy (non-hydrogen) atoms. The fourth-order valence-electron chi connectivity index (χ4n) is 3.40. The van der Waals surface area contributed by atoms with Gasteiger partial charge in [0.1, 0.15) is 5.82 Å². The summed E-state index contributed by atoms with van der Waals surface area (Å²) in [5, 5.41) is 0.626. The minimum Gasteiger partial charge on any atom is -0.353 e. The molecule has 0 aliphatic carbocycles. The van der Waals surface area contributed by atoms with E-state index in [2.05, 4.69) is 9.88 Å². The number of anilines is 1. The molecule has 1 aromatic rings. The van der Waals surface area contributed by atoms with E-state index in [1.165, 1.54) is 0 Å². The van der Waals surface area contributed by atoms with E-state index in [1.54, 1.807) is 6.20 Å². The molecule has 2 aliphatic heterocycles. The number of pyridine rings is 1. The Hall–Kier alpha value is -1.82. The van der Waals surface area contributed by atoms with Crippen LogP contribution in [0.5, 0.6) is 0 Å². The van der Waals surface area contributed by atoms with Crippen LogP contribution in [0.4, 0.5) is 5.82 Å². The summed E-state index contributed by atoms with van der Waals surface area (Å²) in [7, 11) is 0. The van der Waals surface area contributed by atoms with Crippen molar-refractivity contribution in [3.63, 3.8) is 0 Å². The lowest BCUT2D eigenvalue weighted by Gasteiger charge is -2.35. The molecule has 0 atom stereocenters. The number of halogens is 1. The molecule has 2 amide bonds. The third kappa shape index (κ3) is 4.84. The van der Waals surface area contributed by atoms with Crippen molar-refractivity contribution in [2.24, 2.45) is 0 Å². The third-order valence-corrected chi connectivity index (χ3v) is 5.16. The van der Waals surface area contributed by atoms with Crippen molar-refractivity contribution < 1.29 is 9.59 Å². The van der Waals surface area contributed by atoms with Crippen molar-refractivity contribution in [3.05, 3.63) is 23.4 Å². The SMILES string of the molecule is O=C1CCCCCN1CCC(=O)N1CCN(c2ccc(Cl)cn2)CC1. The first-order valence-electron chi connectivity index (χ1n) is 9.05. The molecule has 0 radical (unpaired) electrons. The Kier molecular flexibility index (Phi) is 6.13. The number of hydrogen-bond donors (Lipinski definition) is 0. The molecule has 0 aromatic carbocycles. The molecule has 3 heterocycles. The largest absolute Gasteiger partial charge is 0.353 e.